The summed E-state index contributed by atoms with van der Waals surface area (Å²) in [6, 6.07) is 0. The second kappa shape index (κ2) is 10.3. The summed E-state index contributed by atoms with van der Waals surface area (Å²) in [6.45, 7) is 7.65. The molecule has 0 radical (unpaired) electrons. The molecule has 0 amide bonds. The average molecular weight is 128 g/mol. The molecule has 0 aromatic heterocycles. The number of nitrogens with zero attached hydrogens (tertiary/aromatic N) is 1. The van der Waals surface area contributed by atoms with Gasteiger partial charge in [-0.1, -0.05) is 20.8 Å². The van der Waals surface area contributed by atoms with Crippen molar-refractivity contribution in [2.45, 2.75) is 34.1 Å². The van der Waals surface area contributed by atoms with Gasteiger partial charge in [-0.05, 0) is 13.3 Å². The topological polar surface area (TPSA) is 36.2 Å². The monoisotopic (exact) mass is 128 g/mol. The normalized spacial score (nSPS) is 8.44. The standard InChI is InChI=1S/C5H10N2.C2H6/c1-3-4-7-5(2)6;1-2/h4,6H,3H2,1-2H3;1-2H3. The Morgan fingerprint density at radius 1 is 1.56 bits per heavy atom. The molecular weight excluding hydrogens is 112 g/mol. The van der Waals surface area contributed by atoms with Gasteiger partial charge in [0.25, 0.3) is 0 Å². The molecule has 0 bridgehead atoms. The first kappa shape index (κ1) is 11.2. The molecule has 0 atom stereocenters. The van der Waals surface area contributed by atoms with Gasteiger partial charge in [0.15, 0.2) is 0 Å². The molecule has 9 heavy (non-hydrogen) atoms. The third kappa shape index (κ3) is 18.8. The summed E-state index contributed by atoms with van der Waals surface area (Å²) in [7, 11) is 0. The molecule has 1 N–H and O–H groups in total. The molecule has 0 aliphatic carbocycles. The highest BCUT2D eigenvalue weighted by Gasteiger charge is 1.70. The van der Waals surface area contributed by atoms with Gasteiger partial charge in [0.1, 0.15) is 5.84 Å². The molecule has 0 fully saturated rings. The Morgan fingerprint density at radius 3 is 2.11 bits per heavy atom. The molecule has 0 saturated heterocycles. The maximum atomic E-state index is 6.80. The summed E-state index contributed by atoms with van der Waals surface area (Å²) < 4.78 is 0. The fourth-order valence-electron chi connectivity index (χ4n) is 0.228. The Balaban J connectivity index is 0. The van der Waals surface area contributed by atoms with Crippen LogP contribution in [0.5, 0.6) is 0 Å². The maximum absolute atomic E-state index is 6.80. The number of hydrogen-bond acceptors (Lipinski definition) is 1. The molecule has 0 spiro atoms. The second-order valence-electron chi connectivity index (χ2n) is 1.31. The van der Waals surface area contributed by atoms with E-state index in [4.69, 9.17) is 5.41 Å². The number of amidine groups is 1. The largest absolute Gasteiger partial charge is 0.287 e. The van der Waals surface area contributed by atoms with Crippen LogP contribution < -0.4 is 0 Å². The van der Waals surface area contributed by atoms with Gasteiger partial charge < -0.3 is 0 Å². The van der Waals surface area contributed by atoms with Crippen LogP contribution in [-0.2, 0) is 0 Å². The third-order valence-corrected chi connectivity index (χ3v) is 0.468. The Morgan fingerprint density at radius 2 is 2.00 bits per heavy atom. The Kier molecular flexibility index (Phi) is 12.9. The smallest absolute Gasteiger partial charge is 0.116 e. The number of aliphatic imine (C=N–C) groups is 1. The Hall–Kier alpha value is -0.660. The first-order valence-electron chi connectivity index (χ1n) is 3.35. The minimum absolute atomic E-state index is 0.377. The van der Waals surface area contributed by atoms with Crippen molar-refractivity contribution in [1.29, 1.82) is 5.41 Å². The first-order chi connectivity index (χ1) is 4.27. The van der Waals surface area contributed by atoms with Crippen molar-refractivity contribution in [3.8, 4) is 0 Å². The molecule has 0 heterocycles. The SMILES string of the molecule is CC.CCC=NC(C)=N. The van der Waals surface area contributed by atoms with Crippen LogP contribution >= 0.6 is 0 Å². The van der Waals surface area contributed by atoms with Gasteiger partial charge >= 0.3 is 0 Å². The van der Waals surface area contributed by atoms with E-state index in [0.29, 0.717) is 5.84 Å². The fourth-order valence-corrected chi connectivity index (χ4v) is 0.228. The Bertz CT molecular complexity index is 84.9. The first-order valence-corrected chi connectivity index (χ1v) is 3.35. The summed E-state index contributed by atoms with van der Waals surface area (Å²) in [4.78, 5) is 3.70. The van der Waals surface area contributed by atoms with Gasteiger partial charge in [-0.3, -0.25) is 5.41 Å². The van der Waals surface area contributed by atoms with Crippen LogP contribution in [0.3, 0.4) is 0 Å². The van der Waals surface area contributed by atoms with Gasteiger partial charge in [0, 0.05) is 6.21 Å². The van der Waals surface area contributed by atoms with E-state index in [0.717, 1.165) is 6.42 Å². The highest BCUT2D eigenvalue weighted by molar-refractivity contribution is 5.84. The quantitative estimate of drug-likeness (QED) is 0.416. The van der Waals surface area contributed by atoms with E-state index in [2.05, 4.69) is 4.99 Å². The molecule has 0 aliphatic heterocycles. The van der Waals surface area contributed by atoms with E-state index >= 15 is 0 Å². The number of rotatable bonds is 1. The summed E-state index contributed by atoms with van der Waals surface area (Å²) in [5, 5.41) is 6.80. The summed E-state index contributed by atoms with van der Waals surface area (Å²) in [5.74, 6) is 0.377. The molecule has 0 saturated carbocycles. The average Bonchev–Trinajstić information content (AvgIpc) is 1.88. The molecular formula is C7H16N2. The molecule has 0 aromatic rings. The predicted octanol–water partition coefficient (Wildman–Crippen LogP) is 2.49. The van der Waals surface area contributed by atoms with Crippen LogP contribution in [0, 0.1) is 5.41 Å². The second-order valence-corrected chi connectivity index (χ2v) is 1.31. The minimum Gasteiger partial charge on any atom is -0.287 e. The van der Waals surface area contributed by atoms with Crippen LogP contribution in [0.1, 0.15) is 34.1 Å². The van der Waals surface area contributed by atoms with Gasteiger partial charge in [-0.2, -0.15) is 0 Å². The zero-order valence-corrected chi connectivity index (χ0v) is 6.73. The Labute approximate surface area is 57.5 Å². The summed E-state index contributed by atoms with van der Waals surface area (Å²) in [6.07, 6.45) is 2.64. The van der Waals surface area contributed by atoms with Crippen molar-refractivity contribution in [1.82, 2.24) is 0 Å². The lowest BCUT2D eigenvalue weighted by Gasteiger charge is -1.78. The van der Waals surface area contributed by atoms with Crippen LogP contribution in [0.25, 0.3) is 0 Å². The lowest BCUT2D eigenvalue weighted by atomic mass is 10.5. The van der Waals surface area contributed by atoms with Crippen molar-refractivity contribution in [3.63, 3.8) is 0 Å². The summed E-state index contributed by atoms with van der Waals surface area (Å²) in [5.41, 5.74) is 0. The maximum Gasteiger partial charge on any atom is 0.116 e. The lowest BCUT2D eigenvalue weighted by Crippen LogP contribution is -1.79. The zero-order valence-electron chi connectivity index (χ0n) is 6.73. The third-order valence-electron chi connectivity index (χ3n) is 0.468. The molecule has 0 rings (SSSR count). The van der Waals surface area contributed by atoms with Gasteiger partial charge in [-0.15, -0.1) is 0 Å². The van der Waals surface area contributed by atoms with Crippen molar-refractivity contribution in [2.24, 2.45) is 4.99 Å². The molecule has 54 valence electrons. The van der Waals surface area contributed by atoms with Crippen LogP contribution in [-0.4, -0.2) is 12.1 Å². The van der Waals surface area contributed by atoms with Crippen LogP contribution in [0.4, 0.5) is 0 Å². The van der Waals surface area contributed by atoms with E-state index in [1.165, 1.54) is 0 Å². The van der Waals surface area contributed by atoms with Gasteiger partial charge in [-0.25, -0.2) is 4.99 Å². The van der Waals surface area contributed by atoms with Crippen molar-refractivity contribution in [2.75, 3.05) is 0 Å². The molecule has 0 unspecified atom stereocenters. The number of nitrogens with one attached hydrogen (secondary N) is 1. The fraction of sp³-hybridized carbons (Fsp3) is 0.714. The highest BCUT2D eigenvalue weighted by Crippen LogP contribution is 1.71. The zero-order chi connectivity index (χ0) is 7.70. The lowest BCUT2D eigenvalue weighted by molar-refractivity contribution is 1.31. The number of hydrogen-bond donors (Lipinski definition) is 1. The molecule has 2 heteroatoms. The minimum atomic E-state index is 0.377. The molecule has 2 nitrogen and oxygen atoms in total. The van der Waals surface area contributed by atoms with E-state index < -0.39 is 0 Å². The van der Waals surface area contributed by atoms with E-state index in [1.54, 1.807) is 13.1 Å². The predicted molar refractivity (Wildman–Crippen MR) is 43.5 cm³/mol. The highest BCUT2D eigenvalue weighted by atomic mass is 14.8. The van der Waals surface area contributed by atoms with Crippen molar-refractivity contribution in [3.05, 3.63) is 0 Å². The van der Waals surface area contributed by atoms with Crippen LogP contribution in [0.15, 0.2) is 4.99 Å². The van der Waals surface area contributed by atoms with Crippen LogP contribution in [0.2, 0.25) is 0 Å². The van der Waals surface area contributed by atoms with E-state index in [9.17, 15) is 0 Å². The van der Waals surface area contributed by atoms with Crippen molar-refractivity contribution < 1.29 is 0 Å². The van der Waals surface area contributed by atoms with E-state index in [1.807, 2.05) is 20.8 Å². The summed E-state index contributed by atoms with van der Waals surface area (Å²) >= 11 is 0. The van der Waals surface area contributed by atoms with Gasteiger partial charge in [0.05, 0.1) is 0 Å². The van der Waals surface area contributed by atoms with Crippen molar-refractivity contribution >= 4 is 12.1 Å². The molecule has 0 aromatic carbocycles. The van der Waals surface area contributed by atoms with Gasteiger partial charge in [0.2, 0.25) is 0 Å². The van der Waals surface area contributed by atoms with E-state index in [-0.39, 0.29) is 0 Å². The molecule has 0 aliphatic rings.